The van der Waals surface area contributed by atoms with Crippen molar-refractivity contribution in [2.75, 3.05) is 26.3 Å². The van der Waals surface area contributed by atoms with Gasteiger partial charge in [0.05, 0.1) is 0 Å². The van der Waals surface area contributed by atoms with Crippen LogP contribution >= 0.6 is 0 Å². The summed E-state index contributed by atoms with van der Waals surface area (Å²) in [5.74, 6) is -1.55. The van der Waals surface area contributed by atoms with E-state index < -0.39 is 48.4 Å². The number of carbonyl (C=O) groups is 4. The summed E-state index contributed by atoms with van der Waals surface area (Å²) in [4.78, 5) is 58.9. The highest BCUT2D eigenvalue weighted by atomic mass is 16.5. The van der Waals surface area contributed by atoms with Crippen molar-refractivity contribution in [3.63, 3.8) is 0 Å². The van der Waals surface area contributed by atoms with Crippen LogP contribution in [0.5, 0.6) is 11.5 Å². The van der Waals surface area contributed by atoms with Crippen molar-refractivity contribution < 1.29 is 33.4 Å². The van der Waals surface area contributed by atoms with Crippen molar-refractivity contribution in [3.05, 3.63) is 134 Å². The van der Waals surface area contributed by atoms with Crippen LogP contribution in [-0.4, -0.2) is 74.1 Å². The highest BCUT2D eigenvalue weighted by Gasteiger charge is 2.30. The first kappa shape index (κ1) is 46.9. The van der Waals surface area contributed by atoms with Gasteiger partial charge in [-0.15, -0.1) is 6.58 Å². The minimum Gasteiger partial charge on any atom is -0.489 e. The molecule has 14 heteroatoms. The first-order valence-electron chi connectivity index (χ1n) is 21.0. The van der Waals surface area contributed by atoms with Gasteiger partial charge in [0.2, 0.25) is 11.8 Å². The van der Waals surface area contributed by atoms with E-state index in [9.17, 15) is 19.2 Å². The van der Waals surface area contributed by atoms with Crippen LogP contribution in [-0.2, 0) is 30.5 Å². The minimum atomic E-state index is -1.13. The molecule has 0 unspecified atom stereocenters. The molecule has 14 nitrogen and oxygen atoms in total. The first-order chi connectivity index (χ1) is 30.6. The smallest absolute Gasteiger partial charge is 0.329 e. The van der Waals surface area contributed by atoms with Crippen LogP contribution in [0.1, 0.15) is 44.1 Å². The number of esters is 1. The predicted octanol–water partition coefficient (Wildman–Crippen LogP) is 5.56. The van der Waals surface area contributed by atoms with E-state index in [0.29, 0.717) is 37.3 Å². The fraction of sp³-hybridized carbons (Fsp3) is 0.286. The van der Waals surface area contributed by atoms with E-state index in [1.165, 1.54) is 6.08 Å². The average molecular weight is 856 g/mol. The van der Waals surface area contributed by atoms with E-state index >= 15 is 0 Å². The first-order valence-corrected chi connectivity index (χ1v) is 21.0. The summed E-state index contributed by atoms with van der Waals surface area (Å²) in [6.07, 6.45) is 4.99. The van der Waals surface area contributed by atoms with E-state index in [0.717, 1.165) is 38.2 Å². The van der Waals surface area contributed by atoms with Crippen LogP contribution in [0.25, 0.3) is 32.7 Å². The van der Waals surface area contributed by atoms with Gasteiger partial charge >= 0.3 is 5.97 Å². The SMILES string of the molecule is C=CCOc1ccc2ccccc2c1-c1c(OCC(=O)N[C@H](CCCCN)C(=O)N[C@H](CCCN=C(N)N)C(=O)N[C@@H](CC=C)C(=O)OCc2ccccc2)ccc2ccccc12. The van der Waals surface area contributed by atoms with E-state index in [2.05, 4.69) is 34.1 Å². The molecule has 0 saturated heterocycles. The molecule has 0 radical (unpaired) electrons. The lowest BCUT2D eigenvalue weighted by Gasteiger charge is -2.25. The summed E-state index contributed by atoms with van der Waals surface area (Å²) >= 11 is 0. The van der Waals surface area contributed by atoms with Gasteiger partial charge in [-0.1, -0.05) is 110 Å². The normalized spacial score (nSPS) is 12.3. The Morgan fingerprint density at radius 1 is 0.651 bits per heavy atom. The van der Waals surface area contributed by atoms with Crippen LogP contribution < -0.4 is 42.6 Å². The number of nitrogens with one attached hydrogen (secondary N) is 3. The molecule has 9 N–H and O–H groups in total. The van der Waals surface area contributed by atoms with Crippen LogP contribution in [0.15, 0.2) is 133 Å². The lowest BCUT2D eigenvalue weighted by molar-refractivity contribution is -0.149. The second-order valence-corrected chi connectivity index (χ2v) is 14.8. The van der Waals surface area contributed by atoms with Crippen molar-refractivity contribution in [1.82, 2.24) is 16.0 Å². The van der Waals surface area contributed by atoms with Crippen LogP contribution in [0, 0.1) is 0 Å². The monoisotopic (exact) mass is 855 g/mol. The molecule has 0 aliphatic rings. The third-order valence-electron chi connectivity index (χ3n) is 10.2. The Bertz CT molecular complexity index is 2380. The Hall–Kier alpha value is -7.19. The molecule has 0 heterocycles. The number of hydrogen-bond acceptors (Lipinski definition) is 9. The second-order valence-electron chi connectivity index (χ2n) is 14.8. The van der Waals surface area contributed by atoms with Crippen molar-refractivity contribution in [2.24, 2.45) is 22.2 Å². The van der Waals surface area contributed by atoms with Gasteiger partial charge in [-0.25, -0.2) is 4.79 Å². The number of guanidine groups is 1. The summed E-state index contributed by atoms with van der Waals surface area (Å²) in [6.45, 7) is 7.95. The van der Waals surface area contributed by atoms with Crippen molar-refractivity contribution in [2.45, 2.75) is 63.3 Å². The Morgan fingerprint density at radius 2 is 1.22 bits per heavy atom. The number of benzene rings is 5. The molecule has 3 amide bonds. The molecule has 5 aromatic rings. The number of ether oxygens (including phenoxy) is 3. The van der Waals surface area contributed by atoms with Crippen LogP contribution in [0.4, 0.5) is 0 Å². The van der Waals surface area contributed by atoms with Gasteiger partial charge in [-0.05, 0) is 84.3 Å². The van der Waals surface area contributed by atoms with Crippen molar-refractivity contribution >= 4 is 51.2 Å². The van der Waals surface area contributed by atoms with Crippen molar-refractivity contribution in [1.29, 1.82) is 0 Å². The second kappa shape index (κ2) is 24.3. The molecule has 330 valence electrons. The molecule has 0 bridgehead atoms. The number of aliphatic imine (C=N–C) groups is 1. The molecule has 0 aliphatic heterocycles. The molecule has 3 atom stereocenters. The maximum Gasteiger partial charge on any atom is 0.329 e. The average Bonchev–Trinajstić information content (AvgIpc) is 3.29. The lowest BCUT2D eigenvalue weighted by Crippen LogP contribution is -2.56. The van der Waals surface area contributed by atoms with Gasteiger partial charge in [0.1, 0.15) is 42.8 Å². The van der Waals surface area contributed by atoms with Crippen LogP contribution in [0.2, 0.25) is 0 Å². The van der Waals surface area contributed by atoms with Gasteiger partial charge in [-0.2, -0.15) is 0 Å². The zero-order chi connectivity index (χ0) is 45.0. The summed E-state index contributed by atoms with van der Waals surface area (Å²) < 4.78 is 18.0. The molecule has 0 saturated carbocycles. The fourth-order valence-electron chi connectivity index (χ4n) is 7.08. The maximum atomic E-state index is 14.1. The van der Waals surface area contributed by atoms with Crippen molar-refractivity contribution in [3.8, 4) is 22.6 Å². The number of hydrogen-bond donors (Lipinski definition) is 6. The van der Waals surface area contributed by atoms with Crippen LogP contribution in [0.3, 0.4) is 0 Å². The molecule has 0 aliphatic carbocycles. The number of unbranched alkanes of at least 4 members (excludes halogenated alkanes) is 1. The molecule has 63 heavy (non-hydrogen) atoms. The van der Waals surface area contributed by atoms with Gasteiger partial charge in [0, 0.05) is 17.7 Å². The Kier molecular flexibility index (Phi) is 18.1. The largest absolute Gasteiger partial charge is 0.489 e. The van der Waals surface area contributed by atoms with Gasteiger partial charge in [0.15, 0.2) is 12.6 Å². The molecule has 0 fully saturated rings. The van der Waals surface area contributed by atoms with E-state index in [1.54, 1.807) is 6.08 Å². The number of fused-ring (bicyclic) bond motifs is 2. The molecule has 0 aromatic heterocycles. The van der Waals surface area contributed by atoms with Gasteiger partial charge < -0.3 is 47.4 Å². The van der Waals surface area contributed by atoms with E-state index in [1.807, 2.05) is 103 Å². The van der Waals surface area contributed by atoms with Gasteiger partial charge in [-0.3, -0.25) is 19.4 Å². The summed E-state index contributed by atoms with van der Waals surface area (Å²) in [6, 6.07) is 29.3. The molecule has 0 spiro atoms. The molecule has 5 aromatic carbocycles. The summed E-state index contributed by atoms with van der Waals surface area (Å²) in [5, 5.41) is 12.1. The number of nitrogens with two attached hydrogens (primary N) is 3. The third-order valence-corrected chi connectivity index (χ3v) is 10.2. The maximum absolute atomic E-state index is 14.1. The fourth-order valence-corrected chi connectivity index (χ4v) is 7.08. The third kappa shape index (κ3) is 13.7. The Labute approximate surface area is 367 Å². The quantitative estimate of drug-likeness (QED) is 0.0141. The number of carbonyl (C=O) groups excluding carboxylic acids is 4. The zero-order valence-electron chi connectivity index (χ0n) is 35.4. The summed E-state index contributed by atoms with van der Waals surface area (Å²) in [7, 11) is 0. The molecule has 5 rings (SSSR count). The van der Waals surface area contributed by atoms with Gasteiger partial charge in [0.25, 0.3) is 5.91 Å². The van der Waals surface area contributed by atoms with E-state index in [-0.39, 0.29) is 45.0 Å². The lowest BCUT2D eigenvalue weighted by atomic mass is 9.92. The van der Waals surface area contributed by atoms with E-state index in [4.69, 9.17) is 31.4 Å². The topological polar surface area (TPSA) is 222 Å². The number of nitrogens with zero attached hydrogens (tertiary/aromatic N) is 1. The number of rotatable bonds is 25. The standard InChI is InChI=1S/C49H57N7O7/c1-3-15-40(48(60)63-31-33-16-6-5-7-17-33)56-47(59)39(23-14-29-53-49(51)52)55-46(58)38(22-12-13-28-50)54-43(57)32-62-42-27-25-35-19-9-11-21-37(35)45(42)44-36-20-10-8-18-34(36)24-26-41(44)61-30-4-2/h3-11,16-21,24-27,38-40H,1-2,12-15,22-23,28-32,50H2,(H,54,57)(H,55,58)(H,56,59)(H4,51,52,53)/t38-,39-,40+/m1/s1. The Morgan fingerprint density at radius 3 is 1.83 bits per heavy atom. The molecular formula is C49H57N7O7. The molecular weight excluding hydrogens is 799 g/mol. The Balaban J connectivity index is 1.36. The minimum absolute atomic E-state index is 0.00624. The highest BCUT2D eigenvalue weighted by molar-refractivity contribution is 6.10. The summed E-state index contributed by atoms with van der Waals surface area (Å²) in [5.41, 5.74) is 19.1. The predicted molar refractivity (Wildman–Crippen MR) is 248 cm³/mol. The highest BCUT2D eigenvalue weighted by Crippen LogP contribution is 2.45. The number of amides is 3. The zero-order valence-corrected chi connectivity index (χ0v) is 35.4.